The Bertz CT molecular complexity index is 1000. The van der Waals surface area contributed by atoms with E-state index in [-0.39, 0.29) is 11.4 Å². The van der Waals surface area contributed by atoms with E-state index in [1.54, 1.807) is 13.0 Å². The summed E-state index contributed by atoms with van der Waals surface area (Å²) in [6.45, 7) is 1.33. The smallest absolute Gasteiger partial charge is 0.310 e. The van der Waals surface area contributed by atoms with Crippen molar-refractivity contribution in [3.63, 3.8) is 0 Å². The number of benzene rings is 2. The summed E-state index contributed by atoms with van der Waals surface area (Å²) in [4.78, 5) is 22.3. The molecule has 0 radical (unpaired) electrons. The van der Waals surface area contributed by atoms with Gasteiger partial charge in [-0.3, -0.25) is 14.9 Å². The van der Waals surface area contributed by atoms with Crippen LogP contribution in [-0.2, 0) is 4.79 Å². The molecule has 0 unspecified atom stereocenters. The molecule has 0 saturated carbocycles. The van der Waals surface area contributed by atoms with Gasteiger partial charge in [0.05, 0.1) is 16.3 Å². The maximum Gasteiger partial charge on any atom is 0.310 e. The first-order chi connectivity index (χ1) is 13.5. The molecule has 11 nitrogen and oxygen atoms in total. The molecule has 0 bridgehead atoms. The maximum atomic E-state index is 11.9. The quantitative estimate of drug-likeness (QED) is 0.372. The van der Waals surface area contributed by atoms with Gasteiger partial charge >= 0.3 is 5.69 Å². The number of para-hydroxylation sites is 2. The zero-order valence-electron chi connectivity index (χ0n) is 14.7. The average molecular weight is 381 g/mol. The second kappa shape index (κ2) is 8.49. The number of nitro benzene ring substituents is 1. The van der Waals surface area contributed by atoms with Gasteiger partial charge in [-0.05, 0) is 41.1 Å². The van der Waals surface area contributed by atoms with Crippen LogP contribution in [0.1, 0.15) is 12.5 Å². The number of carbonyl (C=O) groups excluding carboxylic acids is 1. The molecule has 3 rings (SSSR count). The van der Waals surface area contributed by atoms with Crippen molar-refractivity contribution in [1.29, 1.82) is 0 Å². The maximum absolute atomic E-state index is 11.9. The fourth-order valence-corrected chi connectivity index (χ4v) is 2.25. The molecule has 0 aliphatic rings. The van der Waals surface area contributed by atoms with Crippen molar-refractivity contribution in [2.75, 3.05) is 6.61 Å². The van der Waals surface area contributed by atoms with Crippen LogP contribution in [0.15, 0.2) is 60.0 Å². The summed E-state index contributed by atoms with van der Waals surface area (Å²) in [5, 5.41) is 25.9. The van der Waals surface area contributed by atoms with Crippen LogP contribution in [0.2, 0.25) is 0 Å². The van der Waals surface area contributed by atoms with Crippen LogP contribution in [-0.4, -0.2) is 43.4 Å². The number of tetrazole rings is 1. The van der Waals surface area contributed by atoms with E-state index in [1.165, 1.54) is 29.2 Å². The summed E-state index contributed by atoms with van der Waals surface area (Å²) >= 11 is 0. The first-order valence-corrected chi connectivity index (χ1v) is 8.08. The highest BCUT2D eigenvalue weighted by Crippen LogP contribution is 2.25. The molecule has 0 saturated heterocycles. The molecule has 0 aliphatic carbocycles. The Balaban J connectivity index is 1.57. The summed E-state index contributed by atoms with van der Waals surface area (Å²) in [5.41, 5.74) is 4.29. The number of nitro groups is 1. The van der Waals surface area contributed by atoms with Crippen molar-refractivity contribution in [1.82, 2.24) is 25.6 Å². The third kappa shape index (κ3) is 4.52. The molecule has 1 aromatic heterocycles. The minimum Gasteiger partial charge on any atom is -0.477 e. The van der Waals surface area contributed by atoms with Crippen LogP contribution in [0.5, 0.6) is 5.75 Å². The molecule has 2 aromatic carbocycles. The summed E-state index contributed by atoms with van der Waals surface area (Å²) in [7, 11) is 0. The van der Waals surface area contributed by atoms with Crippen LogP contribution in [0.3, 0.4) is 0 Å². The SMILES string of the molecule is C/C(=N\NC(=O)COc1ccccc1[N+](=O)[O-])c1ccc(-n2cnnn2)cc1. The average Bonchev–Trinajstić information content (AvgIpc) is 3.25. The molecule has 28 heavy (non-hydrogen) atoms. The Morgan fingerprint density at radius 3 is 2.68 bits per heavy atom. The van der Waals surface area contributed by atoms with Crippen LogP contribution in [0, 0.1) is 10.1 Å². The number of hydrogen-bond acceptors (Lipinski definition) is 8. The Hall–Kier alpha value is -4.15. The standard InChI is InChI=1S/C17H15N7O4/c1-12(13-6-8-14(9-7-13)23-11-18-21-22-23)19-20-17(25)10-28-16-5-3-2-4-15(16)24(26)27/h2-9,11H,10H2,1H3,(H,20,25)/b19-12+. The molecule has 1 N–H and O–H groups in total. The van der Waals surface area contributed by atoms with Crippen molar-refractivity contribution in [3.8, 4) is 11.4 Å². The Morgan fingerprint density at radius 2 is 2.00 bits per heavy atom. The molecule has 0 spiro atoms. The van der Waals surface area contributed by atoms with Crippen molar-refractivity contribution in [3.05, 3.63) is 70.5 Å². The molecule has 11 heteroatoms. The zero-order valence-corrected chi connectivity index (χ0v) is 14.7. The largest absolute Gasteiger partial charge is 0.477 e. The number of hydrazone groups is 1. The third-order valence-electron chi connectivity index (χ3n) is 3.67. The number of amides is 1. The minimum atomic E-state index is -0.575. The molecule has 3 aromatic rings. The fourth-order valence-electron chi connectivity index (χ4n) is 2.25. The second-order valence-electron chi connectivity index (χ2n) is 5.55. The first-order valence-electron chi connectivity index (χ1n) is 8.08. The Labute approximate surface area is 158 Å². The number of carbonyl (C=O) groups is 1. The van der Waals surface area contributed by atoms with E-state index in [1.807, 2.05) is 24.3 Å². The summed E-state index contributed by atoms with van der Waals surface area (Å²) < 4.78 is 6.72. The molecular formula is C17H15N7O4. The van der Waals surface area contributed by atoms with Crippen LogP contribution >= 0.6 is 0 Å². The van der Waals surface area contributed by atoms with E-state index >= 15 is 0 Å². The lowest BCUT2D eigenvalue weighted by atomic mass is 10.1. The highest BCUT2D eigenvalue weighted by atomic mass is 16.6. The van der Waals surface area contributed by atoms with Crippen LogP contribution in [0.4, 0.5) is 5.69 Å². The third-order valence-corrected chi connectivity index (χ3v) is 3.67. The summed E-state index contributed by atoms with van der Waals surface area (Å²) in [6.07, 6.45) is 1.48. The number of hydrogen-bond donors (Lipinski definition) is 1. The lowest BCUT2D eigenvalue weighted by Crippen LogP contribution is -2.25. The predicted octanol–water partition coefficient (Wildman–Crippen LogP) is 1.49. The van der Waals surface area contributed by atoms with E-state index in [4.69, 9.17) is 4.74 Å². The Kier molecular flexibility index (Phi) is 5.65. The molecule has 1 heterocycles. The lowest BCUT2D eigenvalue weighted by molar-refractivity contribution is -0.385. The van der Waals surface area contributed by atoms with Gasteiger partial charge in [0.25, 0.3) is 5.91 Å². The van der Waals surface area contributed by atoms with Crippen LogP contribution in [0.25, 0.3) is 5.69 Å². The molecule has 0 atom stereocenters. The number of ether oxygens (including phenoxy) is 1. The van der Waals surface area contributed by atoms with Gasteiger partial charge in [0.2, 0.25) is 0 Å². The van der Waals surface area contributed by atoms with Gasteiger partial charge in [0.1, 0.15) is 6.33 Å². The van der Waals surface area contributed by atoms with E-state index in [9.17, 15) is 14.9 Å². The van der Waals surface area contributed by atoms with E-state index < -0.39 is 17.4 Å². The number of rotatable bonds is 7. The molecular weight excluding hydrogens is 366 g/mol. The molecule has 0 aliphatic heterocycles. The fraction of sp³-hybridized carbons (Fsp3) is 0.118. The predicted molar refractivity (Wildman–Crippen MR) is 98.1 cm³/mol. The number of aromatic nitrogens is 4. The minimum absolute atomic E-state index is 0.0153. The molecule has 142 valence electrons. The van der Waals surface area contributed by atoms with Crippen molar-refractivity contribution in [2.24, 2.45) is 5.10 Å². The van der Waals surface area contributed by atoms with Gasteiger partial charge in [-0.1, -0.05) is 24.3 Å². The van der Waals surface area contributed by atoms with Gasteiger partial charge in [0.15, 0.2) is 12.4 Å². The van der Waals surface area contributed by atoms with Gasteiger partial charge in [-0.15, -0.1) is 5.10 Å². The summed E-state index contributed by atoms with van der Waals surface area (Å²) in [5.74, 6) is -0.524. The van der Waals surface area contributed by atoms with Crippen LogP contribution < -0.4 is 10.2 Å². The summed E-state index contributed by atoms with van der Waals surface area (Å²) in [6, 6.07) is 13.1. The van der Waals surface area contributed by atoms with Crippen molar-refractivity contribution < 1.29 is 14.5 Å². The topological polar surface area (TPSA) is 137 Å². The number of nitrogens with one attached hydrogen (secondary N) is 1. The zero-order chi connectivity index (χ0) is 19.9. The van der Waals surface area contributed by atoms with Gasteiger partial charge in [-0.25, -0.2) is 10.1 Å². The van der Waals surface area contributed by atoms with Gasteiger partial charge in [0, 0.05) is 6.07 Å². The normalized spacial score (nSPS) is 11.1. The van der Waals surface area contributed by atoms with Crippen molar-refractivity contribution in [2.45, 2.75) is 6.92 Å². The van der Waals surface area contributed by atoms with E-state index in [0.717, 1.165) is 11.3 Å². The second-order valence-corrected chi connectivity index (χ2v) is 5.55. The first kappa shape index (κ1) is 18.6. The molecule has 0 fully saturated rings. The Morgan fingerprint density at radius 1 is 1.25 bits per heavy atom. The van der Waals surface area contributed by atoms with E-state index in [2.05, 4.69) is 26.1 Å². The van der Waals surface area contributed by atoms with Gasteiger partial charge in [-0.2, -0.15) is 5.10 Å². The van der Waals surface area contributed by atoms with Crippen molar-refractivity contribution >= 4 is 17.3 Å². The highest BCUT2D eigenvalue weighted by Gasteiger charge is 2.14. The number of nitrogens with zero attached hydrogens (tertiary/aromatic N) is 6. The van der Waals surface area contributed by atoms with Gasteiger partial charge < -0.3 is 4.74 Å². The van der Waals surface area contributed by atoms with E-state index in [0.29, 0.717) is 5.71 Å². The highest BCUT2D eigenvalue weighted by molar-refractivity contribution is 5.99. The lowest BCUT2D eigenvalue weighted by Gasteiger charge is -2.06. The molecule has 1 amide bonds. The monoisotopic (exact) mass is 381 g/mol.